The van der Waals surface area contributed by atoms with Crippen LogP contribution in [0.3, 0.4) is 0 Å². The zero-order valence-corrected chi connectivity index (χ0v) is 12.3. The van der Waals surface area contributed by atoms with Gasteiger partial charge in [-0.25, -0.2) is 4.98 Å². The van der Waals surface area contributed by atoms with Crippen LogP contribution in [0.5, 0.6) is 5.88 Å². The molecule has 0 unspecified atom stereocenters. The third kappa shape index (κ3) is 3.65. The van der Waals surface area contributed by atoms with E-state index in [-0.39, 0.29) is 5.78 Å². The predicted molar refractivity (Wildman–Crippen MR) is 75.2 cm³/mol. The molecule has 2 aromatic heterocycles. The van der Waals surface area contributed by atoms with Gasteiger partial charge < -0.3 is 4.74 Å². The largest absolute Gasteiger partial charge is 0.481 e. The summed E-state index contributed by atoms with van der Waals surface area (Å²) < 4.78 is 6.03. The Bertz CT molecular complexity index is 536. The van der Waals surface area contributed by atoms with Crippen LogP contribution in [0.2, 0.25) is 0 Å². The van der Waals surface area contributed by atoms with Crippen LogP contribution in [-0.4, -0.2) is 17.9 Å². The fourth-order valence-electron chi connectivity index (χ4n) is 1.57. The summed E-state index contributed by atoms with van der Waals surface area (Å²) in [6, 6.07) is 7.57. The maximum Gasteiger partial charge on any atom is 0.212 e. The second kappa shape index (κ2) is 6.11. The number of thiophene rings is 1. The van der Waals surface area contributed by atoms with E-state index in [0.29, 0.717) is 18.7 Å². The van der Waals surface area contributed by atoms with Crippen molar-refractivity contribution in [3.05, 3.63) is 44.7 Å². The van der Waals surface area contributed by atoms with Gasteiger partial charge in [0.05, 0.1) is 10.9 Å². The molecule has 0 N–H and O–H groups in total. The van der Waals surface area contributed by atoms with Gasteiger partial charge in [-0.3, -0.25) is 4.79 Å². The Morgan fingerprint density at radius 3 is 2.72 bits per heavy atom. The molecule has 0 fully saturated rings. The van der Waals surface area contributed by atoms with Gasteiger partial charge in [-0.1, -0.05) is 6.07 Å². The third-order valence-electron chi connectivity index (χ3n) is 2.41. The Morgan fingerprint density at radius 2 is 2.17 bits per heavy atom. The molecule has 0 aliphatic rings. The molecule has 0 saturated heterocycles. The van der Waals surface area contributed by atoms with Crippen LogP contribution in [0.4, 0.5) is 0 Å². The second-order valence-electron chi connectivity index (χ2n) is 3.81. The Morgan fingerprint density at radius 1 is 1.33 bits per heavy atom. The minimum Gasteiger partial charge on any atom is -0.481 e. The number of aromatic nitrogens is 1. The lowest BCUT2D eigenvalue weighted by Crippen LogP contribution is -2.05. The highest BCUT2D eigenvalue weighted by Gasteiger charge is 2.07. The second-order valence-corrected chi connectivity index (χ2v) is 6.35. The quantitative estimate of drug-likeness (QED) is 0.846. The van der Waals surface area contributed by atoms with Crippen molar-refractivity contribution < 1.29 is 9.53 Å². The van der Waals surface area contributed by atoms with Gasteiger partial charge >= 0.3 is 0 Å². The van der Waals surface area contributed by atoms with E-state index in [2.05, 4.69) is 20.9 Å². The molecule has 94 valence electrons. The van der Waals surface area contributed by atoms with Crippen LogP contribution in [-0.2, 0) is 17.6 Å². The molecule has 2 aromatic rings. The van der Waals surface area contributed by atoms with E-state index in [1.165, 1.54) is 0 Å². The maximum atomic E-state index is 11.9. The summed E-state index contributed by atoms with van der Waals surface area (Å²) in [6.45, 7) is 0. The number of rotatable bonds is 5. The third-order valence-corrected chi connectivity index (χ3v) is 4.03. The first-order valence-electron chi connectivity index (χ1n) is 5.42. The average molecular weight is 326 g/mol. The van der Waals surface area contributed by atoms with Gasteiger partial charge in [0.15, 0.2) is 0 Å². The van der Waals surface area contributed by atoms with Crippen molar-refractivity contribution in [2.24, 2.45) is 0 Å². The monoisotopic (exact) mass is 325 g/mol. The van der Waals surface area contributed by atoms with Gasteiger partial charge in [0.1, 0.15) is 5.78 Å². The lowest BCUT2D eigenvalue weighted by Gasteiger charge is -2.01. The van der Waals surface area contributed by atoms with E-state index < -0.39 is 0 Å². The van der Waals surface area contributed by atoms with Crippen molar-refractivity contribution in [3.63, 3.8) is 0 Å². The summed E-state index contributed by atoms with van der Waals surface area (Å²) in [6.07, 6.45) is 2.57. The van der Waals surface area contributed by atoms with Crippen LogP contribution in [0.15, 0.2) is 34.2 Å². The van der Waals surface area contributed by atoms with Crippen molar-refractivity contribution in [1.29, 1.82) is 0 Å². The Balaban J connectivity index is 1.94. The molecular weight excluding hydrogens is 314 g/mol. The number of methoxy groups -OCH3 is 1. The number of Topliss-reactive ketones (excluding diaryl/α,β-unsaturated/α-hetero) is 1. The van der Waals surface area contributed by atoms with Crippen LogP contribution in [0, 0.1) is 0 Å². The summed E-state index contributed by atoms with van der Waals surface area (Å²) in [7, 11) is 1.57. The summed E-state index contributed by atoms with van der Waals surface area (Å²) in [5, 5.41) is 0. The van der Waals surface area contributed by atoms with Crippen molar-refractivity contribution in [2.45, 2.75) is 12.8 Å². The molecule has 0 aliphatic heterocycles. The van der Waals surface area contributed by atoms with Crippen LogP contribution < -0.4 is 4.74 Å². The van der Waals surface area contributed by atoms with E-state index in [9.17, 15) is 4.79 Å². The molecule has 0 radical (unpaired) electrons. The number of halogens is 1. The normalized spacial score (nSPS) is 10.3. The smallest absolute Gasteiger partial charge is 0.212 e. The zero-order valence-electron chi connectivity index (χ0n) is 9.85. The van der Waals surface area contributed by atoms with Gasteiger partial charge in [-0.2, -0.15) is 0 Å². The number of carbonyl (C=O) groups excluding carboxylic acids is 1. The van der Waals surface area contributed by atoms with Crippen LogP contribution in [0.1, 0.15) is 10.4 Å². The van der Waals surface area contributed by atoms with Crippen molar-refractivity contribution in [1.82, 2.24) is 4.98 Å². The van der Waals surface area contributed by atoms with Crippen LogP contribution >= 0.6 is 27.3 Å². The van der Waals surface area contributed by atoms with Gasteiger partial charge in [0.2, 0.25) is 5.88 Å². The number of ether oxygens (including phenoxy) is 1. The maximum absolute atomic E-state index is 11.9. The Hall–Kier alpha value is -1.20. The molecule has 0 spiro atoms. The summed E-state index contributed by atoms with van der Waals surface area (Å²) in [5.41, 5.74) is 0.913. The van der Waals surface area contributed by atoms with Gasteiger partial charge in [-0.15, -0.1) is 11.3 Å². The highest BCUT2D eigenvalue weighted by molar-refractivity contribution is 9.11. The van der Waals surface area contributed by atoms with Crippen molar-refractivity contribution >= 4 is 33.0 Å². The standard InChI is InChI=1S/C13H12BrNO2S/c1-17-13-5-2-9(8-15-13)6-10(16)7-11-3-4-12(14)18-11/h2-5,8H,6-7H2,1H3. The van der Waals surface area contributed by atoms with Crippen molar-refractivity contribution in [2.75, 3.05) is 7.11 Å². The molecule has 18 heavy (non-hydrogen) atoms. The SMILES string of the molecule is COc1ccc(CC(=O)Cc2ccc(Br)s2)cn1. The van der Waals surface area contributed by atoms with Gasteiger partial charge in [0, 0.05) is 30.0 Å². The molecule has 0 saturated carbocycles. The number of hydrogen-bond acceptors (Lipinski definition) is 4. The molecule has 3 nitrogen and oxygen atoms in total. The molecule has 0 amide bonds. The van der Waals surface area contributed by atoms with E-state index in [1.54, 1.807) is 30.7 Å². The minimum atomic E-state index is 0.191. The molecule has 0 aromatic carbocycles. The summed E-state index contributed by atoms with van der Waals surface area (Å²) in [4.78, 5) is 17.0. The number of ketones is 1. The lowest BCUT2D eigenvalue weighted by atomic mass is 10.1. The molecule has 0 bridgehead atoms. The zero-order chi connectivity index (χ0) is 13.0. The van der Waals surface area contributed by atoms with Crippen LogP contribution in [0.25, 0.3) is 0 Å². The van der Waals surface area contributed by atoms with Gasteiger partial charge in [-0.05, 0) is 33.6 Å². The molecule has 2 rings (SSSR count). The van der Waals surface area contributed by atoms with E-state index in [0.717, 1.165) is 14.2 Å². The molecule has 0 atom stereocenters. The first kappa shape index (κ1) is 13.2. The highest BCUT2D eigenvalue weighted by Crippen LogP contribution is 2.22. The molecule has 5 heteroatoms. The van der Waals surface area contributed by atoms with E-state index in [1.807, 2.05) is 18.2 Å². The number of nitrogens with zero attached hydrogens (tertiary/aromatic N) is 1. The minimum absolute atomic E-state index is 0.191. The summed E-state index contributed by atoms with van der Waals surface area (Å²) >= 11 is 4.98. The predicted octanol–water partition coefficient (Wildman–Crippen LogP) is 3.27. The molecule has 2 heterocycles. The number of pyridine rings is 1. The van der Waals surface area contributed by atoms with Gasteiger partial charge in [0.25, 0.3) is 0 Å². The summed E-state index contributed by atoms with van der Waals surface area (Å²) in [5.74, 6) is 0.754. The fraction of sp³-hybridized carbons (Fsp3) is 0.231. The lowest BCUT2D eigenvalue weighted by molar-refractivity contribution is -0.117. The fourth-order valence-corrected chi connectivity index (χ4v) is 3.08. The Kier molecular flexibility index (Phi) is 4.49. The van der Waals surface area contributed by atoms with Crippen molar-refractivity contribution in [3.8, 4) is 5.88 Å². The Labute approximate surface area is 118 Å². The van der Waals surface area contributed by atoms with E-state index in [4.69, 9.17) is 4.74 Å². The first-order valence-corrected chi connectivity index (χ1v) is 7.03. The molecular formula is C13H12BrNO2S. The highest BCUT2D eigenvalue weighted by atomic mass is 79.9. The topological polar surface area (TPSA) is 39.2 Å². The number of carbonyl (C=O) groups is 1. The molecule has 0 aliphatic carbocycles. The average Bonchev–Trinajstić information content (AvgIpc) is 2.75. The number of hydrogen-bond donors (Lipinski definition) is 0. The van der Waals surface area contributed by atoms with E-state index >= 15 is 0 Å². The first-order chi connectivity index (χ1) is 8.67.